The Labute approximate surface area is 94.3 Å². The summed E-state index contributed by atoms with van der Waals surface area (Å²) in [5, 5.41) is 7.85. The van der Waals surface area contributed by atoms with Crippen LogP contribution in [0.4, 0.5) is 0 Å². The molecule has 0 fully saturated rings. The van der Waals surface area contributed by atoms with Crippen molar-refractivity contribution in [3.05, 3.63) is 41.6 Å². The lowest BCUT2D eigenvalue weighted by atomic mass is 10.0. The number of ether oxygens (including phenoxy) is 1. The minimum absolute atomic E-state index is 0.0799. The van der Waals surface area contributed by atoms with Gasteiger partial charge in [0.05, 0.1) is 13.0 Å². The number of nitrogens with zero attached hydrogens (tertiary/aromatic N) is 2. The fourth-order valence-corrected chi connectivity index (χ4v) is 1.54. The van der Waals surface area contributed by atoms with Crippen LogP contribution in [0.2, 0.25) is 0 Å². The van der Waals surface area contributed by atoms with Crippen LogP contribution in [-0.2, 0) is 0 Å². The van der Waals surface area contributed by atoms with Crippen molar-refractivity contribution in [1.82, 2.24) is 10.2 Å². The highest BCUT2D eigenvalue weighted by Crippen LogP contribution is 2.25. The van der Waals surface area contributed by atoms with Gasteiger partial charge in [0, 0.05) is 6.92 Å². The Morgan fingerprint density at radius 1 is 1.31 bits per heavy atom. The number of aryl methyl sites for hydroxylation is 1. The molecule has 1 aromatic heterocycles. The van der Waals surface area contributed by atoms with Gasteiger partial charge in [-0.05, 0) is 24.6 Å². The molecule has 2 aromatic rings. The molecule has 84 valence electrons. The second kappa shape index (κ2) is 4.35. The highest BCUT2D eigenvalue weighted by Gasteiger charge is 2.15. The second-order valence-electron chi connectivity index (χ2n) is 3.66. The molecular weight excluding hydrogens is 204 g/mol. The molecule has 0 bridgehead atoms. The average molecular weight is 218 g/mol. The molecule has 1 unspecified atom stereocenters. The van der Waals surface area contributed by atoms with Gasteiger partial charge in [-0.15, -0.1) is 10.2 Å². The summed E-state index contributed by atoms with van der Waals surface area (Å²) in [7, 11) is 1.65. The fraction of sp³-hybridized carbons (Fsp3) is 0.333. The molecule has 0 N–H and O–H groups in total. The van der Waals surface area contributed by atoms with Crippen molar-refractivity contribution < 1.29 is 9.15 Å². The summed E-state index contributed by atoms with van der Waals surface area (Å²) >= 11 is 0. The molecule has 16 heavy (non-hydrogen) atoms. The number of methoxy groups -OCH3 is 1. The number of hydrogen-bond acceptors (Lipinski definition) is 4. The van der Waals surface area contributed by atoms with Crippen molar-refractivity contribution in [2.45, 2.75) is 19.8 Å². The van der Waals surface area contributed by atoms with Gasteiger partial charge in [0.2, 0.25) is 11.8 Å². The van der Waals surface area contributed by atoms with Gasteiger partial charge in [0.25, 0.3) is 0 Å². The first-order valence-electron chi connectivity index (χ1n) is 5.14. The third kappa shape index (κ3) is 2.05. The predicted octanol–water partition coefficient (Wildman–Crippen LogP) is 2.54. The predicted molar refractivity (Wildman–Crippen MR) is 59.5 cm³/mol. The van der Waals surface area contributed by atoms with E-state index in [0.717, 1.165) is 11.3 Å². The van der Waals surface area contributed by atoms with Gasteiger partial charge in [-0.25, -0.2) is 0 Å². The van der Waals surface area contributed by atoms with Crippen molar-refractivity contribution in [3.63, 3.8) is 0 Å². The third-order valence-electron chi connectivity index (χ3n) is 2.51. The maximum absolute atomic E-state index is 5.41. The van der Waals surface area contributed by atoms with Crippen LogP contribution < -0.4 is 4.74 Å². The number of benzene rings is 1. The molecule has 0 aliphatic rings. The third-order valence-corrected chi connectivity index (χ3v) is 2.51. The van der Waals surface area contributed by atoms with E-state index in [4.69, 9.17) is 9.15 Å². The van der Waals surface area contributed by atoms with Gasteiger partial charge in [-0.2, -0.15) is 0 Å². The van der Waals surface area contributed by atoms with Crippen LogP contribution in [0, 0.1) is 6.92 Å². The van der Waals surface area contributed by atoms with E-state index in [1.165, 1.54) is 0 Å². The lowest BCUT2D eigenvalue weighted by Gasteiger charge is -2.08. The molecule has 0 radical (unpaired) electrons. The van der Waals surface area contributed by atoms with Crippen molar-refractivity contribution >= 4 is 0 Å². The lowest BCUT2D eigenvalue weighted by Crippen LogP contribution is -1.97. The largest absolute Gasteiger partial charge is 0.497 e. The molecule has 0 spiro atoms. The SMILES string of the molecule is COc1cccc(C(C)c2nnc(C)o2)c1. The molecule has 0 amide bonds. The van der Waals surface area contributed by atoms with E-state index < -0.39 is 0 Å². The minimum Gasteiger partial charge on any atom is -0.497 e. The summed E-state index contributed by atoms with van der Waals surface area (Å²) in [5.74, 6) is 2.13. The Morgan fingerprint density at radius 2 is 2.12 bits per heavy atom. The van der Waals surface area contributed by atoms with Crippen LogP contribution in [0.25, 0.3) is 0 Å². The Bertz CT molecular complexity index is 479. The summed E-state index contributed by atoms with van der Waals surface area (Å²) in [5.41, 5.74) is 1.10. The zero-order valence-electron chi connectivity index (χ0n) is 9.60. The number of aromatic nitrogens is 2. The summed E-state index contributed by atoms with van der Waals surface area (Å²) in [6.07, 6.45) is 0. The van der Waals surface area contributed by atoms with E-state index in [0.29, 0.717) is 11.8 Å². The monoisotopic (exact) mass is 218 g/mol. The molecular formula is C12H14N2O2. The minimum atomic E-state index is 0.0799. The molecule has 0 saturated carbocycles. The van der Waals surface area contributed by atoms with Crippen LogP contribution in [0.15, 0.2) is 28.7 Å². The van der Waals surface area contributed by atoms with E-state index in [1.807, 2.05) is 31.2 Å². The maximum Gasteiger partial charge on any atom is 0.223 e. The highest BCUT2D eigenvalue weighted by molar-refractivity contribution is 5.32. The van der Waals surface area contributed by atoms with Crippen molar-refractivity contribution in [2.75, 3.05) is 7.11 Å². The standard InChI is InChI=1S/C12H14N2O2/c1-8(12-14-13-9(2)16-12)10-5-4-6-11(7-10)15-3/h4-8H,1-3H3. The number of rotatable bonds is 3. The molecule has 1 atom stereocenters. The summed E-state index contributed by atoms with van der Waals surface area (Å²) in [6, 6.07) is 7.86. The van der Waals surface area contributed by atoms with Crippen molar-refractivity contribution in [3.8, 4) is 5.75 Å². The van der Waals surface area contributed by atoms with Crippen LogP contribution >= 0.6 is 0 Å². The Kier molecular flexibility index (Phi) is 2.90. The topological polar surface area (TPSA) is 48.2 Å². The fourth-order valence-electron chi connectivity index (χ4n) is 1.54. The normalized spacial score (nSPS) is 12.4. The Morgan fingerprint density at radius 3 is 2.75 bits per heavy atom. The summed E-state index contributed by atoms with van der Waals surface area (Å²) < 4.78 is 10.6. The molecule has 0 aliphatic carbocycles. The molecule has 4 heteroatoms. The highest BCUT2D eigenvalue weighted by atomic mass is 16.5. The molecule has 0 saturated heterocycles. The maximum atomic E-state index is 5.41. The first-order chi connectivity index (χ1) is 7.70. The lowest BCUT2D eigenvalue weighted by molar-refractivity contribution is 0.413. The van der Waals surface area contributed by atoms with Crippen LogP contribution in [0.3, 0.4) is 0 Å². The first-order valence-corrected chi connectivity index (χ1v) is 5.14. The van der Waals surface area contributed by atoms with E-state index in [-0.39, 0.29) is 5.92 Å². The van der Waals surface area contributed by atoms with Crippen LogP contribution in [0.5, 0.6) is 5.75 Å². The quantitative estimate of drug-likeness (QED) is 0.794. The van der Waals surface area contributed by atoms with E-state index in [2.05, 4.69) is 10.2 Å². The molecule has 1 aromatic carbocycles. The van der Waals surface area contributed by atoms with Crippen molar-refractivity contribution in [1.29, 1.82) is 0 Å². The van der Waals surface area contributed by atoms with Crippen molar-refractivity contribution in [2.24, 2.45) is 0 Å². The second-order valence-corrected chi connectivity index (χ2v) is 3.66. The molecule has 1 heterocycles. The zero-order valence-corrected chi connectivity index (χ0v) is 9.60. The van der Waals surface area contributed by atoms with Crippen LogP contribution in [-0.4, -0.2) is 17.3 Å². The smallest absolute Gasteiger partial charge is 0.223 e. The molecule has 0 aliphatic heterocycles. The molecule has 2 rings (SSSR count). The van der Waals surface area contributed by atoms with Gasteiger partial charge >= 0.3 is 0 Å². The Hall–Kier alpha value is -1.84. The van der Waals surface area contributed by atoms with Gasteiger partial charge in [0.15, 0.2) is 0 Å². The van der Waals surface area contributed by atoms with Crippen LogP contribution in [0.1, 0.15) is 30.2 Å². The van der Waals surface area contributed by atoms with E-state index >= 15 is 0 Å². The summed E-state index contributed by atoms with van der Waals surface area (Å²) in [4.78, 5) is 0. The zero-order chi connectivity index (χ0) is 11.5. The summed E-state index contributed by atoms with van der Waals surface area (Å²) in [6.45, 7) is 3.82. The number of hydrogen-bond donors (Lipinski definition) is 0. The molecule has 4 nitrogen and oxygen atoms in total. The van der Waals surface area contributed by atoms with E-state index in [1.54, 1.807) is 14.0 Å². The van der Waals surface area contributed by atoms with E-state index in [9.17, 15) is 0 Å². The van der Waals surface area contributed by atoms with Gasteiger partial charge < -0.3 is 9.15 Å². The first kappa shape index (κ1) is 10.7. The van der Waals surface area contributed by atoms with Gasteiger partial charge in [0.1, 0.15) is 5.75 Å². The van der Waals surface area contributed by atoms with Gasteiger partial charge in [-0.3, -0.25) is 0 Å². The Balaban J connectivity index is 2.29. The average Bonchev–Trinajstić information content (AvgIpc) is 2.75. The van der Waals surface area contributed by atoms with Gasteiger partial charge in [-0.1, -0.05) is 12.1 Å².